The molecular weight excluding hydrogens is 469 g/mol. The second-order valence-electron chi connectivity index (χ2n) is 6.92. The Hall–Kier alpha value is -1.23. The van der Waals surface area contributed by atoms with E-state index in [1.54, 1.807) is 0 Å². The van der Waals surface area contributed by atoms with Gasteiger partial charge in [0.2, 0.25) is 6.79 Å². The normalized spacial score (nSPS) is 23.4. The number of fused-ring (bicyclic) bond motifs is 1. The zero-order valence-electron chi connectivity index (χ0n) is 14.4. The quantitative estimate of drug-likeness (QED) is 0.369. The number of sulfone groups is 1. The topological polar surface area (TPSA) is 89.0 Å². The summed E-state index contributed by atoms with van der Waals surface area (Å²) in [6, 6.07) is 6.31. The monoisotopic (exact) mass is 493 g/mol. The highest BCUT2D eigenvalue weighted by molar-refractivity contribution is 14.0. The predicted octanol–water partition coefficient (Wildman–Crippen LogP) is 1.67. The Kier molecular flexibility index (Phi) is 6.16. The van der Waals surface area contributed by atoms with Crippen LogP contribution in [0.25, 0.3) is 0 Å². The number of rotatable bonds is 5. The minimum absolute atomic E-state index is 0. The van der Waals surface area contributed by atoms with Crippen molar-refractivity contribution in [1.82, 2.24) is 10.6 Å². The third-order valence-corrected chi connectivity index (χ3v) is 6.50. The van der Waals surface area contributed by atoms with Crippen molar-refractivity contribution < 1.29 is 17.9 Å². The number of guanidine groups is 1. The number of ether oxygens (including phenoxy) is 2. The first-order chi connectivity index (χ1) is 12.1. The summed E-state index contributed by atoms with van der Waals surface area (Å²) in [6.45, 7) is 1.43. The van der Waals surface area contributed by atoms with Crippen LogP contribution in [0.15, 0.2) is 23.2 Å². The molecule has 0 spiro atoms. The van der Waals surface area contributed by atoms with Crippen LogP contribution in [0.4, 0.5) is 0 Å². The molecule has 2 aliphatic heterocycles. The summed E-state index contributed by atoms with van der Waals surface area (Å²) in [4.78, 5) is 4.65. The molecule has 7 nitrogen and oxygen atoms in total. The fourth-order valence-corrected chi connectivity index (χ4v) is 4.92. The van der Waals surface area contributed by atoms with Crippen molar-refractivity contribution in [2.75, 3.05) is 24.8 Å². The van der Waals surface area contributed by atoms with Gasteiger partial charge in [0.25, 0.3) is 0 Å². The Morgan fingerprint density at radius 1 is 1.19 bits per heavy atom. The largest absolute Gasteiger partial charge is 0.454 e. The van der Waals surface area contributed by atoms with Crippen LogP contribution in [0.1, 0.15) is 24.8 Å². The SMILES string of the molecule is I.O=S1(=O)CCC(CNC(=NCc2ccc3c(c2)OCO3)NC2CC2)C1. The van der Waals surface area contributed by atoms with E-state index in [-0.39, 0.29) is 42.4 Å². The summed E-state index contributed by atoms with van der Waals surface area (Å²) in [5.41, 5.74) is 1.05. The highest BCUT2D eigenvalue weighted by Crippen LogP contribution is 2.32. The van der Waals surface area contributed by atoms with Crippen LogP contribution in [-0.4, -0.2) is 45.3 Å². The van der Waals surface area contributed by atoms with Gasteiger partial charge in [-0.3, -0.25) is 0 Å². The maximum Gasteiger partial charge on any atom is 0.231 e. The molecule has 144 valence electrons. The van der Waals surface area contributed by atoms with E-state index in [9.17, 15) is 8.42 Å². The van der Waals surface area contributed by atoms with Crippen molar-refractivity contribution >= 4 is 39.8 Å². The van der Waals surface area contributed by atoms with Crippen LogP contribution in [0.3, 0.4) is 0 Å². The molecule has 1 saturated carbocycles. The van der Waals surface area contributed by atoms with Crippen LogP contribution in [0.2, 0.25) is 0 Å². The minimum atomic E-state index is -2.84. The number of hydrogen-bond acceptors (Lipinski definition) is 5. The molecule has 9 heteroatoms. The van der Waals surface area contributed by atoms with Crippen molar-refractivity contribution in [2.45, 2.75) is 31.8 Å². The van der Waals surface area contributed by atoms with Crippen LogP contribution in [0, 0.1) is 5.92 Å². The molecule has 0 amide bonds. The lowest BCUT2D eigenvalue weighted by atomic mass is 10.1. The van der Waals surface area contributed by atoms with Crippen LogP contribution < -0.4 is 20.1 Å². The average Bonchev–Trinajstić information content (AvgIpc) is 3.15. The first-order valence-corrected chi connectivity index (χ1v) is 10.5. The zero-order valence-corrected chi connectivity index (χ0v) is 17.6. The molecule has 1 aromatic carbocycles. The molecule has 2 heterocycles. The van der Waals surface area contributed by atoms with Gasteiger partial charge in [0.1, 0.15) is 0 Å². The second kappa shape index (κ2) is 8.20. The molecule has 1 atom stereocenters. The lowest BCUT2D eigenvalue weighted by Gasteiger charge is -2.15. The standard InChI is InChI=1S/C17H23N3O4S.HI/c21-25(22)6-5-13(10-25)9-19-17(20-14-2-3-14)18-8-12-1-4-15-16(7-12)24-11-23-15;/h1,4,7,13-14H,2-3,5-6,8-11H2,(H2,18,19,20);1H. The molecule has 0 aromatic heterocycles. The van der Waals surface area contributed by atoms with Gasteiger partial charge in [-0.15, -0.1) is 24.0 Å². The predicted molar refractivity (Wildman–Crippen MR) is 110 cm³/mol. The molecule has 1 aliphatic carbocycles. The maximum atomic E-state index is 11.6. The van der Waals surface area contributed by atoms with Gasteiger partial charge in [0.05, 0.1) is 18.1 Å². The molecule has 4 rings (SSSR count). The van der Waals surface area contributed by atoms with Crippen LogP contribution >= 0.6 is 24.0 Å². The molecule has 1 saturated heterocycles. The molecule has 2 N–H and O–H groups in total. The Balaban J connectivity index is 0.00000196. The average molecular weight is 493 g/mol. The number of nitrogens with zero attached hydrogens (tertiary/aromatic N) is 1. The van der Waals surface area contributed by atoms with Gasteiger partial charge in [-0.1, -0.05) is 6.07 Å². The van der Waals surface area contributed by atoms with E-state index in [1.807, 2.05) is 18.2 Å². The number of nitrogens with one attached hydrogen (secondary N) is 2. The van der Waals surface area contributed by atoms with Crippen molar-refractivity contribution in [3.8, 4) is 11.5 Å². The fraction of sp³-hybridized carbons (Fsp3) is 0.588. The fourth-order valence-electron chi connectivity index (χ4n) is 3.06. The molecule has 1 aromatic rings. The van der Waals surface area contributed by atoms with E-state index in [2.05, 4.69) is 15.6 Å². The Morgan fingerprint density at radius 3 is 2.73 bits per heavy atom. The summed E-state index contributed by atoms with van der Waals surface area (Å²) in [5, 5.41) is 6.70. The maximum absolute atomic E-state index is 11.6. The highest BCUT2D eigenvalue weighted by Gasteiger charge is 2.28. The van der Waals surface area contributed by atoms with Gasteiger partial charge in [-0.05, 0) is 42.9 Å². The number of aliphatic imine (C=N–C) groups is 1. The summed E-state index contributed by atoms with van der Waals surface area (Å²) >= 11 is 0. The van der Waals surface area contributed by atoms with Crippen molar-refractivity contribution in [3.63, 3.8) is 0 Å². The van der Waals surface area contributed by atoms with Gasteiger partial charge in [0, 0.05) is 12.6 Å². The summed E-state index contributed by atoms with van der Waals surface area (Å²) in [7, 11) is -2.84. The van der Waals surface area contributed by atoms with Crippen LogP contribution in [-0.2, 0) is 16.4 Å². The van der Waals surface area contributed by atoms with Gasteiger partial charge >= 0.3 is 0 Å². The Labute approximate surface area is 170 Å². The van der Waals surface area contributed by atoms with E-state index >= 15 is 0 Å². The van der Waals surface area contributed by atoms with Gasteiger partial charge in [-0.25, -0.2) is 13.4 Å². The van der Waals surface area contributed by atoms with Crippen LogP contribution in [0.5, 0.6) is 11.5 Å². The number of halogens is 1. The van der Waals surface area contributed by atoms with E-state index in [0.29, 0.717) is 24.9 Å². The molecule has 0 bridgehead atoms. The van der Waals surface area contributed by atoms with Gasteiger partial charge < -0.3 is 20.1 Å². The van der Waals surface area contributed by atoms with Gasteiger partial charge in [-0.2, -0.15) is 0 Å². The molecule has 3 aliphatic rings. The molecule has 2 fully saturated rings. The minimum Gasteiger partial charge on any atom is -0.454 e. The van der Waals surface area contributed by atoms with E-state index in [4.69, 9.17) is 9.47 Å². The molecule has 26 heavy (non-hydrogen) atoms. The molecule has 1 unspecified atom stereocenters. The second-order valence-corrected chi connectivity index (χ2v) is 9.15. The smallest absolute Gasteiger partial charge is 0.231 e. The zero-order chi connectivity index (χ0) is 17.3. The highest BCUT2D eigenvalue weighted by atomic mass is 127. The summed E-state index contributed by atoms with van der Waals surface area (Å²) < 4.78 is 33.9. The first-order valence-electron chi connectivity index (χ1n) is 8.71. The number of hydrogen-bond donors (Lipinski definition) is 2. The Morgan fingerprint density at radius 2 is 2.00 bits per heavy atom. The Bertz CT molecular complexity index is 780. The first kappa shape index (κ1) is 19.5. The lowest BCUT2D eigenvalue weighted by Crippen LogP contribution is -2.41. The third-order valence-electron chi connectivity index (χ3n) is 4.66. The van der Waals surface area contributed by atoms with Crippen molar-refractivity contribution in [2.24, 2.45) is 10.9 Å². The lowest BCUT2D eigenvalue weighted by molar-refractivity contribution is 0.174. The van der Waals surface area contributed by atoms with E-state index < -0.39 is 9.84 Å². The third kappa shape index (κ3) is 5.15. The van der Waals surface area contributed by atoms with Gasteiger partial charge in [0.15, 0.2) is 27.3 Å². The summed E-state index contributed by atoms with van der Waals surface area (Å²) in [5.74, 6) is 3.03. The molecule has 0 radical (unpaired) electrons. The number of benzene rings is 1. The van der Waals surface area contributed by atoms with E-state index in [1.165, 1.54) is 0 Å². The van der Waals surface area contributed by atoms with Crippen molar-refractivity contribution in [1.29, 1.82) is 0 Å². The molecular formula is C17H24IN3O4S. The van der Waals surface area contributed by atoms with E-state index in [0.717, 1.165) is 42.3 Å². The van der Waals surface area contributed by atoms with Crippen molar-refractivity contribution in [3.05, 3.63) is 23.8 Å². The summed E-state index contributed by atoms with van der Waals surface area (Å²) in [6.07, 6.45) is 3.04.